The van der Waals surface area contributed by atoms with Crippen LogP contribution in [0.25, 0.3) is 0 Å². The maximum atomic E-state index is 12.8. The molecular formula is C12H17FN2O. The van der Waals surface area contributed by atoms with Gasteiger partial charge in [0, 0.05) is 5.92 Å². The van der Waals surface area contributed by atoms with Gasteiger partial charge in [0.2, 0.25) is 0 Å². The van der Waals surface area contributed by atoms with Gasteiger partial charge in [-0.3, -0.25) is 0 Å². The first-order valence-corrected chi connectivity index (χ1v) is 5.42. The predicted molar refractivity (Wildman–Crippen MR) is 62.1 cm³/mol. The summed E-state index contributed by atoms with van der Waals surface area (Å²) >= 11 is 0. The summed E-state index contributed by atoms with van der Waals surface area (Å²) in [5.41, 5.74) is 6.51. The molecule has 0 heterocycles. The molecule has 3 nitrogen and oxygen atoms in total. The van der Waals surface area contributed by atoms with Crippen molar-refractivity contribution in [2.24, 2.45) is 10.9 Å². The Hall–Kier alpha value is -1.58. The fourth-order valence-electron chi connectivity index (χ4n) is 1.66. The minimum absolute atomic E-state index is 0.134. The van der Waals surface area contributed by atoms with Gasteiger partial charge in [0.15, 0.2) is 0 Å². The number of benzene rings is 1. The molecule has 0 fully saturated rings. The van der Waals surface area contributed by atoms with E-state index in [1.807, 2.05) is 0 Å². The van der Waals surface area contributed by atoms with Crippen LogP contribution in [-0.4, -0.2) is 11.0 Å². The normalized spacial score (nSPS) is 13.8. The smallest absolute Gasteiger partial charge is 0.146 e. The van der Waals surface area contributed by atoms with Crippen LogP contribution in [0.3, 0.4) is 0 Å². The van der Waals surface area contributed by atoms with Gasteiger partial charge >= 0.3 is 0 Å². The van der Waals surface area contributed by atoms with Gasteiger partial charge in [-0.05, 0) is 24.1 Å². The number of unbranched alkanes of at least 4 members (excludes halogenated alkanes) is 1. The van der Waals surface area contributed by atoms with Crippen molar-refractivity contribution in [2.45, 2.75) is 32.1 Å². The van der Waals surface area contributed by atoms with Crippen LogP contribution in [0.4, 0.5) is 4.39 Å². The van der Waals surface area contributed by atoms with Crippen molar-refractivity contribution < 1.29 is 9.60 Å². The molecule has 16 heavy (non-hydrogen) atoms. The highest BCUT2D eigenvalue weighted by atomic mass is 19.1. The number of halogens is 1. The first kappa shape index (κ1) is 12.5. The Kier molecular flexibility index (Phi) is 4.76. The number of oxime groups is 1. The van der Waals surface area contributed by atoms with E-state index in [0.717, 1.165) is 24.8 Å². The molecule has 0 amide bonds. The Bertz CT molecular complexity index is 349. The Morgan fingerprint density at radius 1 is 1.44 bits per heavy atom. The zero-order valence-electron chi connectivity index (χ0n) is 9.36. The fraction of sp³-hybridized carbons (Fsp3) is 0.417. The number of rotatable bonds is 5. The number of amidine groups is 1. The van der Waals surface area contributed by atoms with Crippen LogP contribution >= 0.6 is 0 Å². The largest absolute Gasteiger partial charge is 0.409 e. The molecule has 0 saturated carbocycles. The molecule has 0 aliphatic rings. The number of hydrogen-bond acceptors (Lipinski definition) is 2. The molecule has 0 aliphatic heterocycles. The van der Waals surface area contributed by atoms with Crippen LogP contribution in [-0.2, 0) is 0 Å². The lowest BCUT2D eigenvalue weighted by Gasteiger charge is -2.15. The molecule has 0 bridgehead atoms. The molecule has 0 saturated heterocycles. The van der Waals surface area contributed by atoms with Crippen LogP contribution in [0, 0.1) is 5.82 Å². The van der Waals surface area contributed by atoms with Gasteiger partial charge in [0.25, 0.3) is 0 Å². The highest BCUT2D eigenvalue weighted by Crippen LogP contribution is 2.22. The monoisotopic (exact) mass is 224 g/mol. The van der Waals surface area contributed by atoms with E-state index in [2.05, 4.69) is 12.1 Å². The van der Waals surface area contributed by atoms with Crippen molar-refractivity contribution in [3.63, 3.8) is 0 Å². The van der Waals surface area contributed by atoms with E-state index >= 15 is 0 Å². The molecule has 0 spiro atoms. The SMILES string of the molecule is CCCCC(C(N)=NO)c1ccc(F)cc1. The summed E-state index contributed by atoms with van der Waals surface area (Å²) in [5, 5.41) is 11.8. The van der Waals surface area contributed by atoms with Crippen LogP contribution in [0.15, 0.2) is 29.4 Å². The number of nitrogens with two attached hydrogens (primary N) is 1. The van der Waals surface area contributed by atoms with Crippen molar-refractivity contribution in [1.29, 1.82) is 0 Å². The second-order valence-electron chi connectivity index (χ2n) is 3.77. The van der Waals surface area contributed by atoms with Crippen LogP contribution in [0.2, 0.25) is 0 Å². The Labute approximate surface area is 94.8 Å². The van der Waals surface area contributed by atoms with Gasteiger partial charge in [-0.1, -0.05) is 37.1 Å². The molecule has 1 unspecified atom stereocenters. The van der Waals surface area contributed by atoms with E-state index in [0.29, 0.717) is 0 Å². The summed E-state index contributed by atoms with van der Waals surface area (Å²) in [7, 11) is 0. The van der Waals surface area contributed by atoms with Crippen LogP contribution in [0.1, 0.15) is 37.7 Å². The maximum absolute atomic E-state index is 12.8. The summed E-state index contributed by atoms with van der Waals surface area (Å²) in [6, 6.07) is 6.12. The number of hydrogen-bond donors (Lipinski definition) is 2. The Morgan fingerprint density at radius 2 is 2.06 bits per heavy atom. The molecule has 1 aromatic rings. The summed E-state index contributed by atoms with van der Waals surface area (Å²) < 4.78 is 12.8. The minimum Gasteiger partial charge on any atom is -0.409 e. The number of nitrogens with zero attached hydrogens (tertiary/aromatic N) is 1. The lowest BCUT2D eigenvalue weighted by molar-refractivity contribution is 0.315. The molecule has 1 aromatic carbocycles. The molecular weight excluding hydrogens is 207 g/mol. The second kappa shape index (κ2) is 6.10. The average Bonchev–Trinajstić information content (AvgIpc) is 2.31. The van der Waals surface area contributed by atoms with Gasteiger partial charge in [-0.15, -0.1) is 0 Å². The van der Waals surface area contributed by atoms with E-state index in [1.54, 1.807) is 12.1 Å². The Balaban J connectivity index is 2.87. The first-order chi connectivity index (χ1) is 7.69. The minimum atomic E-state index is -0.280. The lowest BCUT2D eigenvalue weighted by atomic mass is 9.92. The van der Waals surface area contributed by atoms with Gasteiger partial charge in [0.1, 0.15) is 11.7 Å². The molecule has 3 N–H and O–H groups in total. The van der Waals surface area contributed by atoms with E-state index in [4.69, 9.17) is 10.9 Å². The van der Waals surface area contributed by atoms with Gasteiger partial charge in [0.05, 0.1) is 0 Å². The third-order valence-electron chi connectivity index (χ3n) is 2.59. The highest BCUT2D eigenvalue weighted by molar-refractivity contribution is 5.86. The maximum Gasteiger partial charge on any atom is 0.146 e. The molecule has 0 radical (unpaired) electrons. The van der Waals surface area contributed by atoms with E-state index in [1.165, 1.54) is 12.1 Å². The van der Waals surface area contributed by atoms with Crippen molar-refractivity contribution in [3.05, 3.63) is 35.6 Å². The van der Waals surface area contributed by atoms with Gasteiger partial charge in [-0.2, -0.15) is 0 Å². The third-order valence-corrected chi connectivity index (χ3v) is 2.59. The molecule has 88 valence electrons. The standard InChI is InChI=1S/C12H17FN2O/c1-2-3-4-11(12(14)15-16)9-5-7-10(13)8-6-9/h5-8,11,16H,2-4H2,1H3,(H2,14,15). The second-order valence-corrected chi connectivity index (χ2v) is 3.77. The zero-order chi connectivity index (χ0) is 12.0. The van der Waals surface area contributed by atoms with Crippen LogP contribution < -0.4 is 5.73 Å². The van der Waals surface area contributed by atoms with Crippen LogP contribution in [0.5, 0.6) is 0 Å². The third kappa shape index (κ3) is 3.22. The highest BCUT2D eigenvalue weighted by Gasteiger charge is 2.15. The molecule has 1 atom stereocenters. The first-order valence-electron chi connectivity index (χ1n) is 5.42. The fourth-order valence-corrected chi connectivity index (χ4v) is 1.66. The van der Waals surface area contributed by atoms with E-state index in [-0.39, 0.29) is 17.6 Å². The summed E-state index contributed by atoms with van der Waals surface area (Å²) in [4.78, 5) is 0. The lowest BCUT2D eigenvalue weighted by Crippen LogP contribution is -2.22. The van der Waals surface area contributed by atoms with Crippen molar-refractivity contribution in [3.8, 4) is 0 Å². The summed E-state index contributed by atoms with van der Waals surface area (Å²) in [6.07, 6.45) is 2.83. The predicted octanol–water partition coefficient (Wildman–Crippen LogP) is 2.85. The molecule has 0 aromatic heterocycles. The summed E-state index contributed by atoms with van der Waals surface area (Å²) in [6.45, 7) is 2.08. The van der Waals surface area contributed by atoms with E-state index in [9.17, 15) is 4.39 Å². The van der Waals surface area contributed by atoms with Crippen molar-refractivity contribution >= 4 is 5.84 Å². The molecule has 0 aliphatic carbocycles. The van der Waals surface area contributed by atoms with Crippen molar-refractivity contribution in [1.82, 2.24) is 0 Å². The topological polar surface area (TPSA) is 58.6 Å². The van der Waals surface area contributed by atoms with Gasteiger partial charge < -0.3 is 10.9 Å². The molecule has 1 rings (SSSR count). The quantitative estimate of drug-likeness (QED) is 0.349. The Morgan fingerprint density at radius 3 is 2.56 bits per heavy atom. The van der Waals surface area contributed by atoms with E-state index < -0.39 is 0 Å². The van der Waals surface area contributed by atoms with Crippen molar-refractivity contribution in [2.75, 3.05) is 0 Å². The average molecular weight is 224 g/mol. The van der Waals surface area contributed by atoms with Gasteiger partial charge in [-0.25, -0.2) is 4.39 Å². The zero-order valence-corrected chi connectivity index (χ0v) is 9.36. The molecule has 4 heteroatoms. The summed E-state index contributed by atoms with van der Waals surface area (Å²) in [5.74, 6) is -0.233.